The fraction of sp³-hybridized carbons (Fsp3) is 0.161. The Morgan fingerprint density at radius 2 is 1.63 bits per heavy atom. The third kappa shape index (κ3) is 6.13. The molecule has 4 aromatic rings. The Bertz CT molecular complexity index is 1480. The van der Waals surface area contributed by atoms with Crippen LogP contribution in [0.1, 0.15) is 56.3 Å². The lowest BCUT2D eigenvalue weighted by Crippen LogP contribution is -2.19. The van der Waals surface area contributed by atoms with Crippen molar-refractivity contribution in [1.29, 1.82) is 0 Å². The van der Waals surface area contributed by atoms with E-state index in [1.807, 2.05) is 43.3 Å². The lowest BCUT2D eigenvalue weighted by atomic mass is 10.1. The van der Waals surface area contributed by atoms with Crippen molar-refractivity contribution in [2.75, 3.05) is 5.32 Å². The zero-order chi connectivity index (χ0) is 26.3. The maximum Gasteiger partial charge on any atom is 0.271 e. The van der Waals surface area contributed by atoms with Gasteiger partial charge in [0.05, 0.1) is 5.71 Å². The number of benzene rings is 3. The number of fused-ring (bicyclic) bond motifs is 1. The number of amides is 2. The van der Waals surface area contributed by atoms with Gasteiger partial charge < -0.3 is 10.1 Å². The van der Waals surface area contributed by atoms with Crippen LogP contribution in [0.2, 0.25) is 0 Å². The second kappa shape index (κ2) is 11.5. The van der Waals surface area contributed by atoms with Gasteiger partial charge in [-0.05, 0) is 97.0 Å². The topological polar surface area (TPSA) is 92.7 Å². The maximum atomic E-state index is 12.7. The van der Waals surface area contributed by atoms with Gasteiger partial charge in [-0.25, -0.2) is 5.43 Å². The smallest absolute Gasteiger partial charge is 0.271 e. The number of carbonyl (C=O) groups excluding carboxylic acids is 2. The summed E-state index contributed by atoms with van der Waals surface area (Å²) in [6.45, 7) is 2.19. The standard InChI is InChI=1S/C31H28N4O3/c1-21(23-8-11-28(12-9-23)33-30(36)25-14-16-32-17-15-25)34-35-31(37)27-7-2-4-22(18-27)20-38-29-13-10-24-5-3-6-26(24)19-29/h2,4,7-19H,3,5-6,20H2,1H3,(H,33,36)(H,35,37)/b34-21+. The minimum atomic E-state index is -0.301. The third-order valence-corrected chi connectivity index (χ3v) is 6.49. The Kier molecular flexibility index (Phi) is 7.54. The second-order valence-electron chi connectivity index (χ2n) is 9.18. The van der Waals surface area contributed by atoms with Crippen LogP contribution in [0, 0.1) is 0 Å². The highest BCUT2D eigenvalue weighted by Crippen LogP contribution is 2.26. The monoisotopic (exact) mass is 504 g/mol. The first-order valence-corrected chi connectivity index (χ1v) is 12.6. The van der Waals surface area contributed by atoms with Gasteiger partial charge >= 0.3 is 0 Å². The van der Waals surface area contributed by atoms with Crippen LogP contribution in [0.5, 0.6) is 5.75 Å². The molecule has 5 rings (SSSR count). The van der Waals surface area contributed by atoms with Crippen molar-refractivity contribution in [3.63, 3.8) is 0 Å². The van der Waals surface area contributed by atoms with Crippen molar-refractivity contribution < 1.29 is 14.3 Å². The minimum absolute atomic E-state index is 0.210. The number of carbonyl (C=O) groups is 2. The average molecular weight is 505 g/mol. The predicted octanol–water partition coefficient (Wildman–Crippen LogP) is 5.56. The first-order valence-electron chi connectivity index (χ1n) is 12.6. The minimum Gasteiger partial charge on any atom is -0.489 e. The summed E-state index contributed by atoms with van der Waals surface area (Å²) in [6, 6.07) is 24.2. The highest BCUT2D eigenvalue weighted by atomic mass is 16.5. The van der Waals surface area contributed by atoms with E-state index in [0.29, 0.717) is 29.1 Å². The lowest BCUT2D eigenvalue weighted by molar-refractivity contribution is 0.0953. The van der Waals surface area contributed by atoms with Gasteiger partial charge in [-0.2, -0.15) is 5.10 Å². The molecular weight excluding hydrogens is 476 g/mol. The largest absolute Gasteiger partial charge is 0.489 e. The molecule has 0 fully saturated rings. The van der Waals surface area contributed by atoms with Crippen LogP contribution in [0.3, 0.4) is 0 Å². The molecule has 0 radical (unpaired) electrons. The van der Waals surface area contributed by atoms with Gasteiger partial charge in [0.15, 0.2) is 0 Å². The molecule has 0 unspecified atom stereocenters. The Morgan fingerprint density at radius 3 is 2.45 bits per heavy atom. The van der Waals surface area contributed by atoms with Gasteiger partial charge in [-0.15, -0.1) is 0 Å². The number of nitrogens with one attached hydrogen (secondary N) is 2. The molecule has 0 atom stereocenters. The first kappa shape index (κ1) is 24.9. The van der Waals surface area contributed by atoms with E-state index in [0.717, 1.165) is 29.7 Å². The summed E-state index contributed by atoms with van der Waals surface area (Å²) in [4.78, 5) is 29.0. The van der Waals surface area contributed by atoms with Gasteiger partial charge in [0, 0.05) is 29.2 Å². The number of hydrazone groups is 1. The zero-order valence-corrected chi connectivity index (χ0v) is 21.1. The van der Waals surface area contributed by atoms with E-state index in [2.05, 4.69) is 33.0 Å². The molecule has 0 bridgehead atoms. The lowest BCUT2D eigenvalue weighted by Gasteiger charge is -2.09. The van der Waals surface area contributed by atoms with Crippen LogP contribution >= 0.6 is 0 Å². The Morgan fingerprint density at radius 1 is 0.842 bits per heavy atom. The number of aryl methyl sites for hydroxylation is 2. The highest BCUT2D eigenvalue weighted by Gasteiger charge is 2.12. The van der Waals surface area contributed by atoms with Crippen LogP contribution in [0.4, 0.5) is 5.69 Å². The molecule has 1 aromatic heterocycles. The molecule has 1 aliphatic carbocycles. The first-order chi connectivity index (χ1) is 18.5. The van der Waals surface area contributed by atoms with Crippen molar-refractivity contribution in [2.45, 2.75) is 32.8 Å². The SMILES string of the molecule is C/C(=N\NC(=O)c1cccc(COc2ccc3c(c2)CCC3)c1)c1ccc(NC(=O)c2ccncc2)cc1. The van der Waals surface area contributed by atoms with Crippen LogP contribution < -0.4 is 15.5 Å². The highest BCUT2D eigenvalue weighted by molar-refractivity contribution is 6.05. The number of hydrogen-bond donors (Lipinski definition) is 2. The fourth-order valence-electron chi connectivity index (χ4n) is 4.37. The molecule has 7 nitrogen and oxygen atoms in total. The van der Waals surface area contributed by atoms with E-state index >= 15 is 0 Å². The van der Waals surface area contributed by atoms with Gasteiger partial charge in [-0.3, -0.25) is 14.6 Å². The average Bonchev–Trinajstić information content (AvgIpc) is 3.44. The molecule has 1 aliphatic rings. The summed E-state index contributed by atoms with van der Waals surface area (Å²) in [5, 5.41) is 7.10. The van der Waals surface area contributed by atoms with E-state index in [4.69, 9.17) is 4.74 Å². The number of aromatic nitrogens is 1. The van der Waals surface area contributed by atoms with Crippen molar-refractivity contribution in [3.05, 3.63) is 125 Å². The summed E-state index contributed by atoms with van der Waals surface area (Å²) in [7, 11) is 0. The van der Waals surface area contributed by atoms with E-state index in [9.17, 15) is 9.59 Å². The second-order valence-corrected chi connectivity index (χ2v) is 9.18. The number of pyridine rings is 1. The number of rotatable bonds is 8. The van der Waals surface area contributed by atoms with Crippen molar-refractivity contribution in [1.82, 2.24) is 10.4 Å². The van der Waals surface area contributed by atoms with Crippen LogP contribution in [-0.4, -0.2) is 22.5 Å². The normalized spacial score (nSPS) is 12.5. The number of nitrogens with zero attached hydrogens (tertiary/aromatic N) is 2. The third-order valence-electron chi connectivity index (χ3n) is 6.49. The summed E-state index contributed by atoms with van der Waals surface area (Å²) in [5.41, 5.74) is 9.47. The number of ether oxygens (including phenoxy) is 1. The fourth-order valence-corrected chi connectivity index (χ4v) is 4.37. The molecule has 1 heterocycles. The quantitative estimate of drug-likeness (QED) is 0.243. The molecule has 0 aliphatic heterocycles. The Balaban J connectivity index is 1.16. The van der Waals surface area contributed by atoms with Crippen molar-refractivity contribution in [3.8, 4) is 5.75 Å². The molecule has 0 saturated heterocycles. The molecule has 190 valence electrons. The summed E-state index contributed by atoms with van der Waals surface area (Å²) >= 11 is 0. The maximum absolute atomic E-state index is 12.7. The molecule has 38 heavy (non-hydrogen) atoms. The van der Waals surface area contributed by atoms with E-state index in [1.165, 1.54) is 17.5 Å². The molecule has 2 N–H and O–H groups in total. The molecular formula is C31H28N4O3. The van der Waals surface area contributed by atoms with E-state index in [-0.39, 0.29) is 11.8 Å². The van der Waals surface area contributed by atoms with E-state index in [1.54, 1.807) is 42.7 Å². The van der Waals surface area contributed by atoms with E-state index < -0.39 is 0 Å². The Labute approximate surface area is 221 Å². The van der Waals surface area contributed by atoms with Gasteiger partial charge in [0.1, 0.15) is 12.4 Å². The summed E-state index contributed by atoms with van der Waals surface area (Å²) in [5.74, 6) is 0.339. The summed E-state index contributed by atoms with van der Waals surface area (Å²) < 4.78 is 5.98. The van der Waals surface area contributed by atoms with Crippen LogP contribution in [0.15, 0.2) is 96.4 Å². The number of hydrogen-bond acceptors (Lipinski definition) is 5. The zero-order valence-electron chi connectivity index (χ0n) is 21.1. The molecule has 7 heteroatoms. The van der Waals surface area contributed by atoms with Crippen LogP contribution in [-0.2, 0) is 19.4 Å². The molecule has 2 amide bonds. The van der Waals surface area contributed by atoms with Gasteiger partial charge in [0.2, 0.25) is 0 Å². The van der Waals surface area contributed by atoms with Crippen molar-refractivity contribution >= 4 is 23.2 Å². The number of anilines is 1. The summed E-state index contributed by atoms with van der Waals surface area (Å²) in [6.07, 6.45) is 6.60. The van der Waals surface area contributed by atoms with Gasteiger partial charge in [-0.1, -0.05) is 30.3 Å². The van der Waals surface area contributed by atoms with Crippen molar-refractivity contribution in [2.24, 2.45) is 5.10 Å². The van der Waals surface area contributed by atoms with Gasteiger partial charge in [0.25, 0.3) is 11.8 Å². The molecule has 0 spiro atoms. The van der Waals surface area contributed by atoms with Crippen LogP contribution in [0.25, 0.3) is 0 Å². The Hall–Kier alpha value is -4.78. The molecule has 3 aromatic carbocycles. The predicted molar refractivity (Wildman–Crippen MR) is 148 cm³/mol. The molecule has 0 saturated carbocycles.